The minimum Gasteiger partial charge on any atom is -0.365 e. The molecule has 0 radical (unpaired) electrons. The zero-order valence-electron chi connectivity index (χ0n) is 11.4. The Morgan fingerprint density at radius 1 is 0.950 bits per heavy atom. The van der Waals surface area contributed by atoms with Crippen LogP contribution in [-0.2, 0) is 14.3 Å². The number of hydrogen-bond donors (Lipinski definition) is 0. The van der Waals surface area contributed by atoms with E-state index in [0.717, 1.165) is 16.8 Å². The molecule has 2 fully saturated rings. The highest BCUT2D eigenvalue weighted by Gasteiger charge is 2.61. The second kappa shape index (κ2) is 3.79. The number of amides is 2. The highest BCUT2D eigenvalue weighted by Crippen LogP contribution is 2.47. The Morgan fingerprint density at radius 2 is 1.45 bits per heavy atom. The molecular formula is C16H15NO3. The summed E-state index contributed by atoms with van der Waals surface area (Å²) in [6.07, 6.45) is 3.36. The Balaban J connectivity index is 1.82. The number of para-hydroxylation sites is 1. The smallest absolute Gasteiger partial charge is 0.240 e. The first-order valence-corrected chi connectivity index (χ1v) is 6.87. The van der Waals surface area contributed by atoms with Gasteiger partial charge in [-0.2, -0.15) is 0 Å². The number of carbonyl (C=O) groups is 2. The molecule has 2 bridgehead atoms. The third-order valence-corrected chi connectivity index (χ3v) is 4.57. The van der Waals surface area contributed by atoms with Crippen molar-refractivity contribution in [2.75, 3.05) is 4.90 Å². The first-order chi connectivity index (χ1) is 9.59. The highest BCUT2D eigenvalue weighted by atomic mass is 16.5. The number of anilines is 1. The Kier molecular flexibility index (Phi) is 2.25. The zero-order chi connectivity index (χ0) is 14.0. The zero-order valence-corrected chi connectivity index (χ0v) is 11.4. The molecule has 3 heterocycles. The summed E-state index contributed by atoms with van der Waals surface area (Å²) in [5, 5.41) is 0. The maximum absolute atomic E-state index is 12.7. The van der Waals surface area contributed by atoms with Crippen LogP contribution in [0.1, 0.15) is 11.1 Å². The molecule has 0 aliphatic carbocycles. The van der Waals surface area contributed by atoms with E-state index in [4.69, 9.17) is 4.74 Å². The number of hydrogen-bond acceptors (Lipinski definition) is 3. The van der Waals surface area contributed by atoms with E-state index in [0.29, 0.717) is 0 Å². The number of imide groups is 1. The topological polar surface area (TPSA) is 46.6 Å². The normalized spacial score (nSPS) is 34.2. The van der Waals surface area contributed by atoms with Gasteiger partial charge in [-0.1, -0.05) is 30.4 Å². The van der Waals surface area contributed by atoms with E-state index in [9.17, 15) is 9.59 Å². The molecule has 20 heavy (non-hydrogen) atoms. The fourth-order valence-corrected chi connectivity index (χ4v) is 3.68. The standard InChI is InChI=1S/C16H15NO3/c1-8-4-3-5-9(2)14(8)17-15(18)12-10-6-7-11(20-10)13(12)16(17)19/h3-7,10-13H,1-2H3/t10-,11-,12+,13+/m1/s1. The van der Waals surface area contributed by atoms with Crippen LogP contribution in [0.3, 0.4) is 0 Å². The van der Waals surface area contributed by atoms with Crippen LogP contribution in [0, 0.1) is 25.7 Å². The first kappa shape index (κ1) is 11.9. The predicted molar refractivity (Wildman–Crippen MR) is 73.2 cm³/mol. The number of fused-ring (bicyclic) bond motifs is 5. The lowest BCUT2D eigenvalue weighted by Crippen LogP contribution is -2.35. The summed E-state index contributed by atoms with van der Waals surface area (Å²) >= 11 is 0. The summed E-state index contributed by atoms with van der Waals surface area (Å²) in [7, 11) is 0. The van der Waals surface area contributed by atoms with Gasteiger partial charge in [-0.3, -0.25) is 9.59 Å². The van der Waals surface area contributed by atoms with Crippen molar-refractivity contribution >= 4 is 17.5 Å². The quantitative estimate of drug-likeness (QED) is 0.576. The van der Waals surface area contributed by atoms with Crippen molar-refractivity contribution in [1.82, 2.24) is 0 Å². The SMILES string of the molecule is Cc1cccc(C)c1N1C(=O)[C@@H]2[C@@H](C1=O)[C@H]1C=C[C@H]2O1. The Labute approximate surface area is 117 Å². The van der Waals surface area contributed by atoms with E-state index in [2.05, 4.69) is 0 Å². The number of ether oxygens (including phenoxy) is 1. The molecule has 3 aliphatic rings. The van der Waals surface area contributed by atoms with Crippen LogP contribution >= 0.6 is 0 Å². The van der Waals surface area contributed by atoms with Crippen molar-refractivity contribution in [3.63, 3.8) is 0 Å². The lowest BCUT2D eigenvalue weighted by molar-refractivity contribution is -0.124. The molecule has 0 aromatic heterocycles. The number of carbonyl (C=O) groups excluding carboxylic acids is 2. The van der Waals surface area contributed by atoms with Gasteiger partial charge in [-0.25, -0.2) is 4.90 Å². The molecule has 1 aromatic rings. The summed E-state index contributed by atoms with van der Waals surface area (Å²) < 4.78 is 5.65. The van der Waals surface area contributed by atoms with Crippen molar-refractivity contribution in [2.45, 2.75) is 26.1 Å². The maximum atomic E-state index is 12.7. The van der Waals surface area contributed by atoms with Crippen molar-refractivity contribution in [3.8, 4) is 0 Å². The Bertz CT molecular complexity index is 613. The van der Waals surface area contributed by atoms with Crippen molar-refractivity contribution < 1.29 is 14.3 Å². The first-order valence-electron chi connectivity index (χ1n) is 6.87. The molecular weight excluding hydrogens is 254 g/mol. The average Bonchev–Trinajstić information content (AvgIpc) is 3.07. The molecule has 2 saturated heterocycles. The number of nitrogens with zero attached hydrogens (tertiary/aromatic N) is 1. The van der Waals surface area contributed by atoms with Crippen molar-refractivity contribution in [3.05, 3.63) is 41.5 Å². The molecule has 0 unspecified atom stereocenters. The van der Waals surface area contributed by atoms with Gasteiger partial charge in [0.25, 0.3) is 0 Å². The molecule has 2 amide bonds. The summed E-state index contributed by atoms with van der Waals surface area (Å²) in [6.45, 7) is 3.86. The van der Waals surface area contributed by atoms with E-state index in [1.54, 1.807) is 0 Å². The van der Waals surface area contributed by atoms with Gasteiger partial charge in [-0.05, 0) is 25.0 Å². The third-order valence-electron chi connectivity index (χ3n) is 4.57. The molecule has 4 heteroatoms. The largest absolute Gasteiger partial charge is 0.365 e. The van der Waals surface area contributed by atoms with Gasteiger partial charge in [0.05, 0.1) is 29.7 Å². The van der Waals surface area contributed by atoms with Crippen LogP contribution in [0.2, 0.25) is 0 Å². The van der Waals surface area contributed by atoms with Gasteiger partial charge >= 0.3 is 0 Å². The maximum Gasteiger partial charge on any atom is 0.240 e. The molecule has 102 valence electrons. The van der Waals surface area contributed by atoms with E-state index >= 15 is 0 Å². The molecule has 0 N–H and O–H groups in total. The van der Waals surface area contributed by atoms with Crippen LogP contribution < -0.4 is 4.90 Å². The average molecular weight is 269 g/mol. The number of aryl methyl sites for hydroxylation is 2. The Hall–Kier alpha value is -1.94. The molecule has 0 spiro atoms. The third kappa shape index (κ3) is 1.29. The molecule has 3 aliphatic heterocycles. The monoisotopic (exact) mass is 269 g/mol. The number of benzene rings is 1. The molecule has 0 saturated carbocycles. The summed E-state index contributed by atoms with van der Waals surface area (Å²) in [4.78, 5) is 26.8. The predicted octanol–water partition coefficient (Wildman–Crippen LogP) is 1.75. The van der Waals surface area contributed by atoms with Crippen molar-refractivity contribution in [2.24, 2.45) is 11.8 Å². The lowest BCUT2D eigenvalue weighted by atomic mass is 9.85. The summed E-state index contributed by atoms with van der Waals surface area (Å²) in [6, 6.07) is 5.80. The summed E-state index contributed by atoms with van der Waals surface area (Å²) in [5.74, 6) is -0.906. The van der Waals surface area contributed by atoms with Crippen LogP contribution in [-0.4, -0.2) is 24.0 Å². The van der Waals surface area contributed by atoms with E-state index < -0.39 is 0 Å². The van der Waals surface area contributed by atoms with Gasteiger partial charge in [0.2, 0.25) is 11.8 Å². The molecule has 4 nitrogen and oxygen atoms in total. The fraction of sp³-hybridized carbons (Fsp3) is 0.375. The van der Waals surface area contributed by atoms with Crippen LogP contribution in [0.5, 0.6) is 0 Å². The Morgan fingerprint density at radius 3 is 1.95 bits per heavy atom. The van der Waals surface area contributed by atoms with Gasteiger partial charge in [0, 0.05) is 0 Å². The van der Waals surface area contributed by atoms with Crippen molar-refractivity contribution in [1.29, 1.82) is 0 Å². The van der Waals surface area contributed by atoms with Gasteiger partial charge in [-0.15, -0.1) is 0 Å². The second-order valence-corrected chi connectivity index (χ2v) is 5.75. The molecule has 1 aromatic carbocycles. The van der Waals surface area contributed by atoms with E-state index in [1.165, 1.54) is 4.90 Å². The molecule has 4 atom stereocenters. The van der Waals surface area contributed by atoms with E-state index in [-0.39, 0.29) is 35.9 Å². The van der Waals surface area contributed by atoms with E-state index in [1.807, 2.05) is 44.2 Å². The van der Waals surface area contributed by atoms with Crippen LogP contribution in [0.25, 0.3) is 0 Å². The number of rotatable bonds is 1. The van der Waals surface area contributed by atoms with Crippen LogP contribution in [0.15, 0.2) is 30.4 Å². The molecule has 4 rings (SSSR count). The fourth-order valence-electron chi connectivity index (χ4n) is 3.68. The highest BCUT2D eigenvalue weighted by molar-refractivity contribution is 6.23. The lowest BCUT2D eigenvalue weighted by Gasteiger charge is -2.21. The minimum atomic E-state index is -0.337. The van der Waals surface area contributed by atoms with Crippen LogP contribution in [0.4, 0.5) is 5.69 Å². The van der Waals surface area contributed by atoms with Gasteiger partial charge in [0.15, 0.2) is 0 Å². The van der Waals surface area contributed by atoms with Gasteiger partial charge in [0.1, 0.15) is 0 Å². The van der Waals surface area contributed by atoms with Gasteiger partial charge < -0.3 is 4.74 Å². The summed E-state index contributed by atoms with van der Waals surface area (Å²) in [5.41, 5.74) is 2.65. The second-order valence-electron chi connectivity index (χ2n) is 5.75. The minimum absolute atomic E-state index is 0.116.